The van der Waals surface area contributed by atoms with Crippen molar-refractivity contribution in [2.75, 3.05) is 53.0 Å². The Morgan fingerprint density at radius 3 is 2.45 bits per heavy atom. The summed E-state index contributed by atoms with van der Waals surface area (Å²) in [5.41, 5.74) is 0.0864. The van der Waals surface area contributed by atoms with Crippen LogP contribution in [0.25, 0.3) is 0 Å². The first-order valence-electron chi connectivity index (χ1n) is 8.61. The van der Waals surface area contributed by atoms with Gasteiger partial charge >= 0.3 is 6.03 Å². The van der Waals surface area contributed by atoms with Crippen molar-refractivity contribution in [3.63, 3.8) is 0 Å². The summed E-state index contributed by atoms with van der Waals surface area (Å²) < 4.78 is 5.50. The van der Waals surface area contributed by atoms with Crippen LogP contribution in [0.4, 0.5) is 4.79 Å². The molecule has 1 atom stereocenters. The van der Waals surface area contributed by atoms with Crippen LogP contribution in [0.2, 0.25) is 0 Å². The highest BCUT2D eigenvalue weighted by Crippen LogP contribution is 2.28. The molecule has 2 fully saturated rings. The number of ether oxygens (including phenoxy) is 1. The molecule has 1 unspecified atom stereocenters. The molecule has 2 heterocycles. The lowest BCUT2D eigenvalue weighted by molar-refractivity contribution is -0.0435. The van der Waals surface area contributed by atoms with E-state index in [9.17, 15) is 4.79 Å². The highest BCUT2D eigenvalue weighted by molar-refractivity contribution is 5.74. The lowest BCUT2D eigenvalue weighted by atomic mass is 9.85. The fourth-order valence-electron chi connectivity index (χ4n) is 3.30. The molecule has 22 heavy (non-hydrogen) atoms. The number of piperidine rings is 1. The normalized spacial score (nSPS) is 24.7. The van der Waals surface area contributed by atoms with Crippen molar-refractivity contribution in [3.05, 3.63) is 0 Å². The van der Waals surface area contributed by atoms with E-state index in [2.05, 4.69) is 34.4 Å². The minimum absolute atomic E-state index is 0.0408. The largest absolute Gasteiger partial charge is 0.379 e. The van der Waals surface area contributed by atoms with E-state index in [1.807, 2.05) is 6.92 Å². The maximum atomic E-state index is 12.1. The Balaban J connectivity index is 1.94. The van der Waals surface area contributed by atoms with E-state index >= 15 is 0 Å². The van der Waals surface area contributed by atoms with Gasteiger partial charge in [0.25, 0.3) is 0 Å². The molecule has 0 radical (unpaired) electrons. The number of nitrogens with one attached hydrogen (secondary N) is 2. The molecule has 2 N–H and O–H groups in total. The van der Waals surface area contributed by atoms with Gasteiger partial charge in [0.05, 0.1) is 13.2 Å². The number of carbonyl (C=O) groups excluding carboxylic acids is 1. The summed E-state index contributed by atoms with van der Waals surface area (Å²) in [5.74, 6) is 0. The summed E-state index contributed by atoms with van der Waals surface area (Å²) in [7, 11) is 2.17. The van der Waals surface area contributed by atoms with Crippen LogP contribution in [-0.4, -0.2) is 80.4 Å². The fraction of sp³-hybridized carbons (Fsp3) is 0.938. The Labute approximate surface area is 134 Å². The van der Waals surface area contributed by atoms with Crippen LogP contribution < -0.4 is 10.6 Å². The summed E-state index contributed by atoms with van der Waals surface area (Å²) in [6.45, 7) is 10.6. The number of hydrogen-bond donors (Lipinski definition) is 2. The number of nitrogens with zero attached hydrogens (tertiary/aromatic N) is 2. The summed E-state index contributed by atoms with van der Waals surface area (Å²) in [5, 5.41) is 6.11. The van der Waals surface area contributed by atoms with Gasteiger partial charge in [-0.15, -0.1) is 0 Å². The SMILES string of the molecule is CCC(C)NC(=O)NCC1(N2CCOCC2)CCN(C)CC1. The molecule has 2 aliphatic heterocycles. The number of morpholine rings is 1. The maximum Gasteiger partial charge on any atom is 0.315 e. The van der Waals surface area contributed by atoms with Gasteiger partial charge in [0, 0.05) is 31.2 Å². The number of likely N-dealkylation sites (tertiary alicyclic amines) is 1. The minimum atomic E-state index is -0.0408. The molecule has 6 nitrogen and oxygen atoms in total. The molecule has 2 aliphatic rings. The van der Waals surface area contributed by atoms with Gasteiger partial charge in [0.15, 0.2) is 0 Å². The highest BCUT2D eigenvalue weighted by atomic mass is 16.5. The van der Waals surface area contributed by atoms with Crippen molar-refractivity contribution in [3.8, 4) is 0 Å². The predicted molar refractivity (Wildman–Crippen MR) is 88.1 cm³/mol. The molecule has 2 amide bonds. The van der Waals surface area contributed by atoms with Gasteiger partial charge in [-0.25, -0.2) is 4.79 Å². The summed E-state index contributed by atoms with van der Waals surface area (Å²) in [4.78, 5) is 17.0. The zero-order valence-electron chi connectivity index (χ0n) is 14.4. The number of amides is 2. The molecule has 0 aliphatic carbocycles. The molecule has 0 aromatic heterocycles. The topological polar surface area (TPSA) is 56.8 Å². The molecular formula is C16H32N4O2. The van der Waals surface area contributed by atoms with Gasteiger partial charge in [-0.05, 0) is 46.3 Å². The zero-order valence-corrected chi connectivity index (χ0v) is 14.4. The maximum absolute atomic E-state index is 12.1. The fourth-order valence-corrected chi connectivity index (χ4v) is 3.30. The molecule has 6 heteroatoms. The van der Waals surface area contributed by atoms with Gasteiger partial charge in [-0.1, -0.05) is 6.92 Å². The second kappa shape index (κ2) is 8.13. The van der Waals surface area contributed by atoms with Crippen LogP contribution >= 0.6 is 0 Å². The van der Waals surface area contributed by atoms with Gasteiger partial charge in [-0.3, -0.25) is 4.90 Å². The molecule has 0 aromatic carbocycles. The van der Waals surface area contributed by atoms with Crippen molar-refractivity contribution in [1.82, 2.24) is 20.4 Å². The third-order valence-electron chi connectivity index (χ3n) is 5.17. The summed E-state index contributed by atoms with van der Waals surface area (Å²) in [6, 6.07) is 0.178. The van der Waals surface area contributed by atoms with E-state index in [1.54, 1.807) is 0 Å². The monoisotopic (exact) mass is 312 g/mol. The molecule has 0 saturated carbocycles. The molecule has 2 rings (SSSR count). The van der Waals surface area contributed by atoms with E-state index in [0.29, 0.717) is 0 Å². The Bertz CT molecular complexity index is 350. The smallest absolute Gasteiger partial charge is 0.315 e. The van der Waals surface area contributed by atoms with Crippen LogP contribution in [-0.2, 0) is 4.74 Å². The summed E-state index contributed by atoms with van der Waals surface area (Å²) >= 11 is 0. The molecule has 0 bridgehead atoms. The van der Waals surface area contributed by atoms with Crippen molar-refractivity contribution in [2.45, 2.75) is 44.7 Å². The van der Waals surface area contributed by atoms with E-state index in [0.717, 1.165) is 65.2 Å². The van der Waals surface area contributed by atoms with Crippen molar-refractivity contribution < 1.29 is 9.53 Å². The third-order valence-corrected chi connectivity index (χ3v) is 5.17. The second-order valence-electron chi connectivity index (χ2n) is 6.76. The minimum Gasteiger partial charge on any atom is -0.379 e. The van der Waals surface area contributed by atoms with Gasteiger partial charge in [-0.2, -0.15) is 0 Å². The molecule has 128 valence electrons. The molecule has 2 saturated heterocycles. The first-order valence-corrected chi connectivity index (χ1v) is 8.61. The van der Waals surface area contributed by atoms with E-state index in [4.69, 9.17) is 4.74 Å². The quantitative estimate of drug-likeness (QED) is 0.791. The Kier molecular flexibility index (Phi) is 6.47. The predicted octanol–water partition coefficient (Wildman–Crippen LogP) is 0.881. The Hall–Kier alpha value is -0.850. The molecule has 0 spiro atoms. The van der Waals surface area contributed by atoms with Gasteiger partial charge in [0.2, 0.25) is 0 Å². The van der Waals surface area contributed by atoms with E-state index in [-0.39, 0.29) is 17.6 Å². The third kappa shape index (κ3) is 4.57. The Morgan fingerprint density at radius 1 is 1.23 bits per heavy atom. The van der Waals surface area contributed by atoms with Crippen LogP contribution in [0.1, 0.15) is 33.1 Å². The van der Waals surface area contributed by atoms with Crippen LogP contribution in [0.5, 0.6) is 0 Å². The average molecular weight is 312 g/mol. The van der Waals surface area contributed by atoms with Crippen molar-refractivity contribution in [2.24, 2.45) is 0 Å². The lowest BCUT2D eigenvalue weighted by Crippen LogP contribution is -2.63. The number of carbonyl (C=O) groups is 1. The van der Waals surface area contributed by atoms with Crippen LogP contribution in [0.15, 0.2) is 0 Å². The van der Waals surface area contributed by atoms with Crippen LogP contribution in [0.3, 0.4) is 0 Å². The Morgan fingerprint density at radius 2 is 1.86 bits per heavy atom. The average Bonchev–Trinajstić information content (AvgIpc) is 2.55. The highest BCUT2D eigenvalue weighted by Gasteiger charge is 2.40. The molecular weight excluding hydrogens is 280 g/mol. The van der Waals surface area contributed by atoms with E-state index in [1.165, 1.54) is 0 Å². The summed E-state index contributed by atoms with van der Waals surface area (Å²) in [6.07, 6.45) is 3.16. The first kappa shape index (κ1) is 17.5. The van der Waals surface area contributed by atoms with Gasteiger partial charge in [0.1, 0.15) is 0 Å². The number of urea groups is 1. The second-order valence-corrected chi connectivity index (χ2v) is 6.76. The van der Waals surface area contributed by atoms with Gasteiger partial charge < -0.3 is 20.3 Å². The van der Waals surface area contributed by atoms with Crippen molar-refractivity contribution >= 4 is 6.03 Å². The zero-order chi connectivity index (χ0) is 16.0. The number of hydrogen-bond acceptors (Lipinski definition) is 4. The first-order chi connectivity index (χ1) is 10.6. The number of rotatable bonds is 5. The lowest BCUT2D eigenvalue weighted by Gasteiger charge is -2.49. The van der Waals surface area contributed by atoms with E-state index < -0.39 is 0 Å². The van der Waals surface area contributed by atoms with Crippen molar-refractivity contribution in [1.29, 1.82) is 0 Å². The standard InChI is InChI=1S/C16H32N4O2/c1-4-14(2)18-15(21)17-13-16(5-7-19(3)8-6-16)20-9-11-22-12-10-20/h14H,4-13H2,1-3H3,(H2,17,18,21). The van der Waals surface area contributed by atoms with Crippen LogP contribution in [0, 0.1) is 0 Å². The molecule has 0 aromatic rings.